The molecule has 0 radical (unpaired) electrons. The molecular formula is C19H17F3N4O4S3. The maximum Gasteiger partial charge on any atom is 0.573 e. The number of ether oxygens (including phenoxy) is 1. The van der Waals surface area contributed by atoms with Gasteiger partial charge in [0.15, 0.2) is 0 Å². The highest BCUT2D eigenvalue weighted by Crippen LogP contribution is 2.38. The van der Waals surface area contributed by atoms with Gasteiger partial charge < -0.3 is 15.5 Å². The minimum Gasteiger partial charge on any atom is -0.406 e. The number of rotatable bonds is 7. The first-order chi connectivity index (χ1) is 15.4. The van der Waals surface area contributed by atoms with Crippen LogP contribution in [0.5, 0.6) is 5.75 Å². The van der Waals surface area contributed by atoms with Gasteiger partial charge in [0.2, 0.25) is 5.91 Å². The number of nitrogens with two attached hydrogens (primary N) is 1. The third-order valence-corrected chi connectivity index (χ3v) is 9.11. The van der Waals surface area contributed by atoms with E-state index < -0.39 is 28.0 Å². The summed E-state index contributed by atoms with van der Waals surface area (Å²) in [5.74, 6) is -1.02. The number of hydrogen-bond donors (Lipinski definition) is 2. The molecule has 0 saturated carbocycles. The molecule has 8 nitrogen and oxygen atoms in total. The number of fused-ring (bicyclic) bond motifs is 1. The number of halogens is 3. The Morgan fingerprint density at radius 1 is 1.36 bits per heavy atom. The molecule has 1 unspecified atom stereocenters. The van der Waals surface area contributed by atoms with E-state index in [1.54, 1.807) is 17.5 Å². The number of aromatic amines is 1. The lowest BCUT2D eigenvalue weighted by Gasteiger charge is -2.20. The number of anilines is 1. The van der Waals surface area contributed by atoms with E-state index in [9.17, 15) is 26.4 Å². The summed E-state index contributed by atoms with van der Waals surface area (Å²) in [6.45, 7) is 0.361. The van der Waals surface area contributed by atoms with Crippen LogP contribution in [0.1, 0.15) is 12.1 Å². The second kappa shape index (κ2) is 8.57. The molecule has 1 aromatic carbocycles. The number of nitrogens with zero attached hydrogens (tertiary/aromatic N) is 2. The summed E-state index contributed by atoms with van der Waals surface area (Å²) >= 11 is 2.31. The Bertz CT molecular complexity index is 1330. The van der Waals surface area contributed by atoms with Crippen LogP contribution >= 0.6 is 23.1 Å². The van der Waals surface area contributed by atoms with Crippen LogP contribution in [-0.4, -0.2) is 49.6 Å². The quantitative estimate of drug-likeness (QED) is 0.495. The molecule has 3 aromatic rings. The third kappa shape index (κ3) is 4.96. The number of hydrogen-bond acceptors (Lipinski definition) is 7. The van der Waals surface area contributed by atoms with Crippen molar-refractivity contribution in [2.24, 2.45) is 10.7 Å². The zero-order valence-corrected chi connectivity index (χ0v) is 19.4. The second-order valence-electron chi connectivity index (χ2n) is 7.10. The van der Waals surface area contributed by atoms with Gasteiger partial charge in [-0.2, -0.15) is 0 Å². The molecule has 2 aromatic heterocycles. The maximum absolute atomic E-state index is 13.0. The number of primary amides is 1. The highest BCUT2D eigenvalue weighted by molar-refractivity contribution is 8.15. The summed E-state index contributed by atoms with van der Waals surface area (Å²) in [7, 11) is -2.77. The Hall–Kier alpha value is -2.71. The van der Waals surface area contributed by atoms with Crippen molar-refractivity contribution in [2.45, 2.75) is 22.2 Å². The van der Waals surface area contributed by atoms with Crippen LogP contribution in [0.15, 0.2) is 44.9 Å². The van der Waals surface area contributed by atoms with Gasteiger partial charge in [0.25, 0.3) is 10.0 Å². The first kappa shape index (κ1) is 23.4. The van der Waals surface area contributed by atoms with Gasteiger partial charge in [0, 0.05) is 30.2 Å². The minimum absolute atomic E-state index is 0.0244. The third-order valence-electron chi connectivity index (χ3n) is 4.74. The van der Waals surface area contributed by atoms with Crippen molar-refractivity contribution >= 4 is 60.7 Å². The Labute approximate surface area is 194 Å². The van der Waals surface area contributed by atoms with E-state index >= 15 is 0 Å². The number of nitrogens with one attached hydrogen (secondary N) is 1. The number of alkyl halides is 3. The van der Waals surface area contributed by atoms with Crippen LogP contribution in [0.4, 0.5) is 18.9 Å². The number of H-pyrrole nitrogens is 1. The van der Waals surface area contributed by atoms with Crippen molar-refractivity contribution in [3.8, 4) is 5.75 Å². The normalized spacial score (nSPS) is 16.7. The molecule has 0 spiro atoms. The molecule has 4 rings (SSSR count). The molecule has 1 aliphatic heterocycles. The molecule has 33 heavy (non-hydrogen) atoms. The second-order valence-corrected chi connectivity index (χ2v) is 11.5. The number of thioether (sulfide) groups is 1. The fourth-order valence-electron chi connectivity index (χ4n) is 3.33. The maximum atomic E-state index is 13.0. The van der Waals surface area contributed by atoms with Crippen LogP contribution in [0.25, 0.3) is 10.9 Å². The average molecular weight is 519 g/mol. The van der Waals surface area contributed by atoms with Gasteiger partial charge in [-0.05, 0) is 23.6 Å². The van der Waals surface area contributed by atoms with Crippen molar-refractivity contribution in [2.75, 3.05) is 17.9 Å². The predicted octanol–water partition coefficient (Wildman–Crippen LogP) is 3.69. The van der Waals surface area contributed by atoms with Gasteiger partial charge >= 0.3 is 6.36 Å². The van der Waals surface area contributed by atoms with E-state index in [0.717, 1.165) is 21.7 Å². The van der Waals surface area contributed by atoms with Crippen LogP contribution < -0.4 is 14.8 Å². The van der Waals surface area contributed by atoms with E-state index in [2.05, 4.69) is 14.7 Å². The molecule has 0 saturated heterocycles. The molecular weight excluding hydrogens is 501 g/mol. The number of aromatic nitrogens is 1. The number of amides is 1. The highest BCUT2D eigenvalue weighted by Gasteiger charge is 2.33. The first-order valence-electron chi connectivity index (χ1n) is 9.39. The lowest BCUT2D eigenvalue weighted by molar-refractivity contribution is -0.274. The topological polar surface area (TPSA) is 118 Å². The van der Waals surface area contributed by atoms with Crippen molar-refractivity contribution < 1.29 is 31.1 Å². The number of carbonyl (C=O) groups is 1. The number of thiophene rings is 1. The lowest BCUT2D eigenvalue weighted by Crippen LogP contribution is -2.26. The van der Waals surface area contributed by atoms with Crippen LogP contribution in [0.2, 0.25) is 0 Å². The highest BCUT2D eigenvalue weighted by atomic mass is 32.2. The number of carbonyl (C=O) groups excluding carboxylic acids is 1. The van der Waals surface area contributed by atoms with E-state index in [1.165, 1.54) is 30.9 Å². The average Bonchev–Trinajstić information content (AvgIpc) is 3.45. The monoisotopic (exact) mass is 518 g/mol. The van der Waals surface area contributed by atoms with Gasteiger partial charge in [0.1, 0.15) is 15.0 Å². The van der Waals surface area contributed by atoms with Gasteiger partial charge in [-0.15, -0.1) is 24.5 Å². The molecule has 1 atom stereocenters. The van der Waals surface area contributed by atoms with Crippen molar-refractivity contribution in [3.05, 3.63) is 41.4 Å². The first-order valence-corrected chi connectivity index (χ1v) is 12.6. The predicted molar refractivity (Wildman–Crippen MR) is 121 cm³/mol. The largest absolute Gasteiger partial charge is 0.573 e. The molecule has 0 aliphatic carbocycles. The van der Waals surface area contributed by atoms with Gasteiger partial charge in [-0.1, -0.05) is 17.8 Å². The van der Waals surface area contributed by atoms with Gasteiger partial charge in [-0.25, -0.2) is 8.42 Å². The van der Waals surface area contributed by atoms with Crippen molar-refractivity contribution in [1.29, 1.82) is 0 Å². The molecule has 0 bridgehead atoms. The van der Waals surface area contributed by atoms with Crippen LogP contribution in [0.3, 0.4) is 0 Å². The van der Waals surface area contributed by atoms with E-state index in [0.29, 0.717) is 28.2 Å². The summed E-state index contributed by atoms with van der Waals surface area (Å²) in [4.78, 5) is 18.6. The summed E-state index contributed by atoms with van der Waals surface area (Å²) < 4.78 is 69.8. The zero-order valence-electron chi connectivity index (χ0n) is 16.9. The van der Waals surface area contributed by atoms with Crippen LogP contribution in [0, 0.1) is 0 Å². The fourth-order valence-corrected chi connectivity index (χ4v) is 6.78. The van der Waals surface area contributed by atoms with Crippen LogP contribution in [-0.2, 0) is 14.8 Å². The SMILES string of the molecule is CN(c1cc(OC(F)(F)F)cc2cc(C3=NCC(CC(N)=O)S3)[nH]c12)S(=O)(=O)c1cccs1. The molecule has 0 fully saturated rings. The molecule has 3 N–H and O–H groups in total. The summed E-state index contributed by atoms with van der Waals surface area (Å²) in [6.07, 6.45) is -4.82. The van der Waals surface area contributed by atoms with Gasteiger partial charge in [-0.3, -0.25) is 14.1 Å². The van der Waals surface area contributed by atoms with Crippen molar-refractivity contribution in [3.63, 3.8) is 0 Å². The summed E-state index contributed by atoms with van der Waals surface area (Å²) in [5, 5.41) is 2.29. The Balaban J connectivity index is 1.78. The molecule has 1 amide bonds. The van der Waals surface area contributed by atoms with E-state index in [1.807, 2.05) is 0 Å². The minimum atomic E-state index is -4.96. The Morgan fingerprint density at radius 2 is 2.12 bits per heavy atom. The molecule has 14 heteroatoms. The summed E-state index contributed by atoms with van der Waals surface area (Å²) in [5.41, 5.74) is 5.99. The Morgan fingerprint density at radius 3 is 2.76 bits per heavy atom. The number of aliphatic imine (C=N–C) groups is 1. The summed E-state index contributed by atoms with van der Waals surface area (Å²) in [6, 6.07) is 6.72. The number of benzene rings is 1. The lowest BCUT2D eigenvalue weighted by atomic mass is 10.2. The zero-order chi connectivity index (χ0) is 24.0. The smallest absolute Gasteiger partial charge is 0.406 e. The molecule has 1 aliphatic rings. The number of sulfonamides is 1. The standard InChI is InChI=1S/C19H17F3N4O4S3/c1-26(33(28,29)16-3-2-4-31-16)14-7-11(30-19(20,21)22)5-10-6-13(25-17(10)14)18-24-9-12(32-18)8-15(23)27/h2-7,12,25H,8-9H2,1H3,(H2,23,27). The van der Waals surface area contributed by atoms with Crippen molar-refractivity contribution in [1.82, 2.24) is 4.98 Å². The van der Waals surface area contributed by atoms with E-state index in [-0.39, 0.29) is 21.6 Å². The molecule has 3 heterocycles. The van der Waals surface area contributed by atoms with Gasteiger partial charge in [0.05, 0.1) is 23.4 Å². The Kier molecular flexibility index (Phi) is 6.09. The van der Waals surface area contributed by atoms with E-state index in [4.69, 9.17) is 5.73 Å². The molecule has 176 valence electrons. The fraction of sp³-hybridized carbons (Fsp3) is 0.263.